The van der Waals surface area contributed by atoms with Gasteiger partial charge >= 0.3 is 0 Å². The van der Waals surface area contributed by atoms with Crippen molar-refractivity contribution in [1.29, 1.82) is 0 Å². The number of halogens is 1. The maximum absolute atomic E-state index is 13.6. The van der Waals surface area contributed by atoms with Crippen molar-refractivity contribution < 1.29 is 14.0 Å². The molecule has 2 amide bonds. The van der Waals surface area contributed by atoms with E-state index < -0.39 is 11.7 Å². The van der Waals surface area contributed by atoms with Crippen molar-refractivity contribution in [2.24, 2.45) is 0 Å². The van der Waals surface area contributed by atoms with Gasteiger partial charge in [-0.15, -0.1) is 0 Å². The number of benzene rings is 1. The Balaban J connectivity index is 1.45. The van der Waals surface area contributed by atoms with Gasteiger partial charge < -0.3 is 15.1 Å². The molecule has 0 radical (unpaired) electrons. The number of piperazine rings is 1. The summed E-state index contributed by atoms with van der Waals surface area (Å²) in [4.78, 5) is 34.9. The van der Waals surface area contributed by atoms with Crippen molar-refractivity contribution in [3.63, 3.8) is 0 Å². The molecule has 1 fully saturated rings. The van der Waals surface area contributed by atoms with Crippen molar-refractivity contribution in [1.82, 2.24) is 20.1 Å². The number of amides is 2. The lowest BCUT2D eigenvalue weighted by Crippen LogP contribution is -2.50. The van der Waals surface area contributed by atoms with Crippen LogP contribution in [0.15, 0.2) is 42.6 Å². The molecule has 0 atom stereocenters. The van der Waals surface area contributed by atoms with Gasteiger partial charge in [-0.1, -0.05) is 12.1 Å². The molecule has 2 heterocycles. The van der Waals surface area contributed by atoms with Crippen molar-refractivity contribution >= 4 is 17.6 Å². The third kappa shape index (κ3) is 5.29. The lowest BCUT2D eigenvalue weighted by molar-refractivity contribution is 0.0638. The predicted octanol–water partition coefficient (Wildman–Crippen LogP) is 1.47. The fraction of sp³-hybridized carbons (Fsp3) is 0.381. The molecule has 2 aromatic rings. The molecule has 0 bridgehead atoms. The molecule has 7 nitrogen and oxygen atoms in total. The highest BCUT2D eigenvalue weighted by molar-refractivity contribution is 5.95. The summed E-state index contributed by atoms with van der Waals surface area (Å²) in [7, 11) is 3.78. The number of nitrogens with zero attached hydrogens (tertiary/aromatic N) is 4. The molecule has 1 aromatic heterocycles. The number of rotatable bonds is 6. The van der Waals surface area contributed by atoms with E-state index in [9.17, 15) is 14.0 Å². The smallest absolute Gasteiger partial charge is 0.254 e. The molecule has 0 saturated carbocycles. The van der Waals surface area contributed by atoms with Crippen LogP contribution in [0.2, 0.25) is 0 Å². The van der Waals surface area contributed by atoms with Gasteiger partial charge in [0.1, 0.15) is 11.6 Å². The zero-order chi connectivity index (χ0) is 20.8. The van der Waals surface area contributed by atoms with Crippen LogP contribution in [0.4, 0.5) is 10.2 Å². The van der Waals surface area contributed by atoms with Gasteiger partial charge in [-0.3, -0.25) is 14.5 Å². The summed E-state index contributed by atoms with van der Waals surface area (Å²) in [6.07, 6.45) is 1.65. The standard InChI is InChI=1S/C21H26FN5O2/c1-25(2)19-15-16(7-8-23-19)21(29)27-13-11-26(12-14-27)10-9-24-20(28)17-5-3-4-6-18(17)22/h3-8,15H,9-14H2,1-2H3,(H,24,28). The van der Waals surface area contributed by atoms with Crippen LogP contribution < -0.4 is 10.2 Å². The molecule has 0 aliphatic carbocycles. The molecule has 1 N–H and O–H groups in total. The van der Waals surface area contributed by atoms with Crippen molar-refractivity contribution in [2.75, 3.05) is 58.3 Å². The lowest BCUT2D eigenvalue weighted by atomic mass is 10.2. The number of hydrogen-bond donors (Lipinski definition) is 1. The Morgan fingerprint density at radius 2 is 1.86 bits per heavy atom. The summed E-state index contributed by atoms with van der Waals surface area (Å²) in [5.74, 6) is -0.181. The first-order valence-corrected chi connectivity index (χ1v) is 9.63. The summed E-state index contributed by atoms with van der Waals surface area (Å²) >= 11 is 0. The van der Waals surface area contributed by atoms with Gasteiger partial charge in [-0.05, 0) is 24.3 Å². The first kappa shape index (κ1) is 20.7. The first-order chi connectivity index (χ1) is 14.0. The van der Waals surface area contributed by atoms with E-state index in [1.165, 1.54) is 12.1 Å². The Morgan fingerprint density at radius 3 is 2.55 bits per heavy atom. The van der Waals surface area contributed by atoms with E-state index in [-0.39, 0.29) is 11.5 Å². The number of carbonyl (C=O) groups is 2. The minimum atomic E-state index is -0.523. The average molecular weight is 399 g/mol. The molecule has 154 valence electrons. The maximum atomic E-state index is 13.6. The van der Waals surface area contributed by atoms with E-state index >= 15 is 0 Å². The van der Waals surface area contributed by atoms with E-state index in [4.69, 9.17) is 0 Å². The highest BCUT2D eigenvalue weighted by Gasteiger charge is 2.22. The van der Waals surface area contributed by atoms with Crippen LogP contribution in [-0.4, -0.2) is 80.0 Å². The van der Waals surface area contributed by atoms with Crippen LogP contribution >= 0.6 is 0 Å². The monoisotopic (exact) mass is 399 g/mol. The van der Waals surface area contributed by atoms with E-state index in [2.05, 4.69) is 15.2 Å². The van der Waals surface area contributed by atoms with E-state index in [0.717, 1.165) is 18.9 Å². The molecule has 0 unspecified atom stereocenters. The van der Waals surface area contributed by atoms with Crippen LogP contribution in [0.5, 0.6) is 0 Å². The van der Waals surface area contributed by atoms with Gasteiger partial charge in [0.15, 0.2) is 0 Å². The molecule has 1 saturated heterocycles. The summed E-state index contributed by atoms with van der Waals surface area (Å²) in [6.45, 7) is 3.79. The number of nitrogens with one attached hydrogen (secondary N) is 1. The largest absolute Gasteiger partial charge is 0.363 e. The van der Waals surface area contributed by atoms with Gasteiger partial charge in [0.25, 0.3) is 11.8 Å². The molecule has 1 aromatic carbocycles. The first-order valence-electron chi connectivity index (χ1n) is 9.63. The zero-order valence-corrected chi connectivity index (χ0v) is 16.8. The average Bonchev–Trinajstić information content (AvgIpc) is 2.74. The van der Waals surface area contributed by atoms with Crippen molar-refractivity contribution in [3.05, 3.63) is 59.5 Å². The lowest BCUT2D eigenvalue weighted by Gasteiger charge is -2.34. The molecular formula is C21H26FN5O2. The Hall–Kier alpha value is -3.00. The van der Waals surface area contributed by atoms with E-state index in [1.54, 1.807) is 30.5 Å². The van der Waals surface area contributed by atoms with Gasteiger partial charge in [-0.25, -0.2) is 9.37 Å². The number of anilines is 1. The minimum absolute atomic E-state index is 0.00278. The van der Waals surface area contributed by atoms with Crippen LogP contribution in [0, 0.1) is 5.82 Å². The maximum Gasteiger partial charge on any atom is 0.254 e. The Bertz CT molecular complexity index is 866. The van der Waals surface area contributed by atoms with E-state index in [0.29, 0.717) is 31.7 Å². The third-order valence-electron chi connectivity index (χ3n) is 4.94. The minimum Gasteiger partial charge on any atom is -0.363 e. The zero-order valence-electron chi connectivity index (χ0n) is 16.8. The molecule has 1 aliphatic heterocycles. The topological polar surface area (TPSA) is 68.8 Å². The summed E-state index contributed by atoms with van der Waals surface area (Å²) in [5, 5.41) is 2.75. The van der Waals surface area contributed by atoms with Gasteiger partial charge in [0.2, 0.25) is 0 Å². The van der Waals surface area contributed by atoms with Gasteiger partial charge in [0, 0.05) is 65.1 Å². The predicted molar refractivity (Wildman–Crippen MR) is 110 cm³/mol. The second kappa shape index (κ2) is 9.47. The normalized spacial score (nSPS) is 14.5. The van der Waals surface area contributed by atoms with Crippen LogP contribution in [-0.2, 0) is 0 Å². The quantitative estimate of drug-likeness (QED) is 0.797. The van der Waals surface area contributed by atoms with E-state index in [1.807, 2.05) is 23.9 Å². The number of pyridine rings is 1. The summed E-state index contributed by atoms with van der Waals surface area (Å²) in [5.41, 5.74) is 0.687. The number of hydrogen-bond acceptors (Lipinski definition) is 5. The third-order valence-corrected chi connectivity index (χ3v) is 4.94. The second-order valence-corrected chi connectivity index (χ2v) is 7.17. The van der Waals surface area contributed by atoms with Crippen LogP contribution in [0.3, 0.4) is 0 Å². The van der Waals surface area contributed by atoms with Gasteiger partial charge in [0.05, 0.1) is 5.56 Å². The van der Waals surface area contributed by atoms with Gasteiger partial charge in [-0.2, -0.15) is 0 Å². The molecule has 3 rings (SSSR count). The Morgan fingerprint density at radius 1 is 1.14 bits per heavy atom. The SMILES string of the molecule is CN(C)c1cc(C(=O)N2CCN(CCNC(=O)c3ccccc3F)CC2)ccn1. The fourth-order valence-electron chi connectivity index (χ4n) is 3.22. The van der Waals surface area contributed by atoms with Crippen molar-refractivity contribution in [3.8, 4) is 0 Å². The molecule has 1 aliphatic rings. The summed E-state index contributed by atoms with van der Waals surface area (Å²) < 4.78 is 13.6. The Labute approximate surface area is 170 Å². The Kier molecular flexibility index (Phi) is 6.77. The molecule has 29 heavy (non-hydrogen) atoms. The van der Waals surface area contributed by atoms with Crippen molar-refractivity contribution in [2.45, 2.75) is 0 Å². The highest BCUT2D eigenvalue weighted by Crippen LogP contribution is 2.13. The molecular weight excluding hydrogens is 373 g/mol. The summed E-state index contributed by atoms with van der Waals surface area (Å²) in [6, 6.07) is 9.47. The highest BCUT2D eigenvalue weighted by atomic mass is 19.1. The molecule has 0 spiro atoms. The fourth-order valence-corrected chi connectivity index (χ4v) is 3.22. The number of aromatic nitrogens is 1. The van der Waals surface area contributed by atoms with Crippen LogP contribution in [0.1, 0.15) is 20.7 Å². The number of carbonyl (C=O) groups excluding carboxylic acids is 2. The van der Waals surface area contributed by atoms with Crippen LogP contribution in [0.25, 0.3) is 0 Å². The second-order valence-electron chi connectivity index (χ2n) is 7.17. The molecule has 8 heteroatoms.